The summed E-state index contributed by atoms with van der Waals surface area (Å²) >= 11 is 0. The van der Waals surface area contributed by atoms with Gasteiger partial charge in [0.1, 0.15) is 5.69 Å². The number of nitrogens with one attached hydrogen (secondary N) is 2. The molecule has 0 saturated carbocycles. The largest absolute Gasteiger partial charge is 0.337 e. The Kier molecular flexibility index (Phi) is 4.48. The fourth-order valence-corrected chi connectivity index (χ4v) is 2.68. The van der Waals surface area contributed by atoms with E-state index in [0.717, 1.165) is 31.7 Å². The summed E-state index contributed by atoms with van der Waals surface area (Å²) in [6.45, 7) is 8.97. The summed E-state index contributed by atoms with van der Waals surface area (Å²) in [5.41, 5.74) is 1.53. The Morgan fingerprint density at radius 1 is 1.55 bits per heavy atom. The zero-order valence-corrected chi connectivity index (χ0v) is 13.0. The molecule has 5 heteroatoms. The summed E-state index contributed by atoms with van der Waals surface area (Å²) < 4.78 is 0. The number of H-pyrrole nitrogens is 1. The van der Waals surface area contributed by atoms with E-state index < -0.39 is 0 Å². The fourth-order valence-electron chi connectivity index (χ4n) is 2.68. The second-order valence-corrected chi connectivity index (χ2v) is 6.73. The van der Waals surface area contributed by atoms with Gasteiger partial charge in [0.05, 0.1) is 0 Å². The van der Waals surface area contributed by atoms with Crippen LogP contribution in [0.5, 0.6) is 0 Å². The molecule has 0 radical (unpaired) electrons. The highest BCUT2D eigenvalue weighted by atomic mass is 16.2. The van der Waals surface area contributed by atoms with Crippen molar-refractivity contribution in [3.05, 3.63) is 17.5 Å². The number of piperidine rings is 1. The van der Waals surface area contributed by atoms with Gasteiger partial charge in [-0.2, -0.15) is 5.10 Å². The number of hydrogen-bond donors (Lipinski definition) is 2. The van der Waals surface area contributed by atoms with E-state index in [0.29, 0.717) is 11.6 Å². The van der Waals surface area contributed by atoms with E-state index in [9.17, 15) is 4.79 Å². The van der Waals surface area contributed by atoms with Gasteiger partial charge in [0.2, 0.25) is 0 Å². The molecule has 2 N–H and O–H groups in total. The van der Waals surface area contributed by atoms with Gasteiger partial charge in [-0.3, -0.25) is 9.89 Å². The average molecular weight is 278 g/mol. The maximum absolute atomic E-state index is 12.5. The van der Waals surface area contributed by atoms with Crippen molar-refractivity contribution in [2.75, 3.05) is 26.7 Å². The first-order valence-electron chi connectivity index (χ1n) is 7.41. The minimum absolute atomic E-state index is 0.0118. The third kappa shape index (κ3) is 3.39. The molecule has 0 bridgehead atoms. The van der Waals surface area contributed by atoms with Crippen LogP contribution in [0.3, 0.4) is 0 Å². The molecule has 112 valence electrons. The number of nitrogens with zero attached hydrogens (tertiary/aromatic N) is 2. The molecule has 0 aliphatic carbocycles. The Morgan fingerprint density at radius 3 is 2.90 bits per heavy atom. The summed E-state index contributed by atoms with van der Waals surface area (Å²) in [7, 11) is 1.96. The van der Waals surface area contributed by atoms with Gasteiger partial charge in [-0.1, -0.05) is 20.8 Å². The average Bonchev–Trinajstić information content (AvgIpc) is 2.88. The number of carbonyl (C=O) groups is 1. The monoisotopic (exact) mass is 278 g/mol. The number of rotatable bonds is 3. The Hall–Kier alpha value is -1.36. The Balaban J connectivity index is 2.05. The Bertz CT molecular complexity index is 459. The van der Waals surface area contributed by atoms with E-state index in [1.54, 1.807) is 0 Å². The normalized spacial score (nSPS) is 20.2. The van der Waals surface area contributed by atoms with Gasteiger partial charge >= 0.3 is 0 Å². The quantitative estimate of drug-likeness (QED) is 0.886. The van der Waals surface area contributed by atoms with Crippen molar-refractivity contribution in [2.24, 2.45) is 5.92 Å². The SMILES string of the molecule is CNCC1CCCN(C(=O)c2cc(C(C)(C)C)[nH]n2)C1. The molecule has 1 aromatic rings. The number of aromatic amines is 1. The third-order valence-corrected chi connectivity index (χ3v) is 3.90. The van der Waals surface area contributed by atoms with Gasteiger partial charge in [-0.15, -0.1) is 0 Å². The maximum Gasteiger partial charge on any atom is 0.274 e. The Labute approximate surface area is 121 Å². The van der Waals surface area contributed by atoms with Crippen molar-refractivity contribution in [3.8, 4) is 0 Å². The van der Waals surface area contributed by atoms with Gasteiger partial charge in [0, 0.05) is 24.2 Å². The van der Waals surface area contributed by atoms with Gasteiger partial charge in [0.15, 0.2) is 0 Å². The molecule has 1 saturated heterocycles. The van der Waals surface area contributed by atoms with Crippen LogP contribution in [0.25, 0.3) is 0 Å². The lowest BCUT2D eigenvalue weighted by Gasteiger charge is -2.32. The van der Waals surface area contributed by atoms with Crippen LogP contribution in [-0.2, 0) is 5.41 Å². The molecular formula is C15H26N4O. The fraction of sp³-hybridized carbons (Fsp3) is 0.733. The predicted molar refractivity (Wildman–Crippen MR) is 79.8 cm³/mol. The van der Waals surface area contributed by atoms with E-state index in [4.69, 9.17) is 0 Å². The first kappa shape index (κ1) is 15.0. The topological polar surface area (TPSA) is 61.0 Å². The molecule has 5 nitrogen and oxygen atoms in total. The molecule has 2 heterocycles. The van der Waals surface area contributed by atoms with Gasteiger partial charge in [-0.25, -0.2) is 0 Å². The van der Waals surface area contributed by atoms with Crippen molar-refractivity contribution < 1.29 is 4.79 Å². The molecule has 0 aromatic carbocycles. The van der Waals surface area contributed by atoms with E-state index in [-0.39, 0.29) is 11.3 Å². The lowest BCUT2D eigenvalue weighted by molar-refractivity contribution is 0.0668. The maximum atomic E-state index is 12.5. The molecular weight excluding hydrogens is 252 g/mol. The second-order valence-electron chi connectivity index (χ2n) is 6.73. The molecule has 1 aromatic heterocycles. The van der Waals surface area contributed by atoms with Crippen molar-refractivity contribution >= 4 is 5.91 Å². The zero-order chi connectivity index (χ0) is 14.8. The molecule has 1 aliphatic heterocycles. The van der Waals surface area contributed by atoms with Crippen molar-refractivity contribution in [1.29, 1.82) is 0 Å². The highest BCUT2D eigenvalue weighted by Crippen LogP contribution is 2.22. The van der Waals surface area contributed by atoms with Gasteiger partial charge < -0.3 is 10.2 Å². The van der Waals surface area contributed by atoms with Crippen LogP contribution in [0.4, 0.5) is 0 Å². The van der Waals surface area contributed by atoms with Crippen molar-refractivity contribution in [3.63, 3.8) is 0 Å². The van der Waals surface area contributed by atoms with Crippen LogP contribution < -0.4 is 5.32 Å². The summed E-state index contributed by atoms with van der Waals surface area (Å²) in [4.78, 5) is 14.5. The van der Waals surface area contributed by atoms with Crippen LogP contribution in [0.1, 0.15) is 49.8 Å². The summed E-state index contributed by atoms with van der Waals surface area (Å²) in [5.74, 6) is 0.608. The highest BCUT2D eigenvalue weighted by Gasteiger charge is 2.26. The molecule has 2 rings (SSSR count). The predicted octanol–water partition coefficient (Wildman–Crippen LogP) is 1.78. The lowest BCUT2D eigenvalue weighted by Crippen LogP contribution is -2.42. The van der Waals surface area contributed by atoms with E-state index >= 15 is 0 Å². The first-order chi connectivity index (χ1) is 9.41. The van der Waals surface area contributed by atoms with E-state index in [1.165, 1.54) is 6.42 Å². The number of hydrogen-bond acceptors (Lipinski definition) is 3. The lowest BCUT2D eigenvalue weighted by atomic mass is 9.92. The van der Waals surface area contributed by atoms with Crippen LogP contribution in [-0.4, -0.2) is 47.7 Å². The molecule has 0 spiro atoms. The van der Waals surface area contributed by atoms with E-state index in [1.807, 2.05) is 18.0 Å². The zero-order valence-electron chi connectivity index (χ0n) is 13.0. The van der Waals surface area contributed by atoms with Gasteiger partial charge in [-0.05, 0) is 38.4 Å². The first-order valence-corrected chi connectivity index (χ1v) is 7.41. The summed E-state index contributed by atoms with van der Waals surface area (Å²) in [5, 5.41) is 10.4. The Morgan fingerprint density at radius 2 is 2.30 bits per heavy atom. The van der Waals surface area contributed by atoms with Crippen LogP contribution in [0, 0.1) is 5.92 Å². The summed E-state index contributed by atoms with van der Waals surface area (Å²) in [6, 6.07) is 1.89. The second kappa shape index (κ2) is 5.95. The smallest absolute Gasteiger partial charge is 0.274 e. The molecule has 1 amide bonds. The molecule has 20 heavy (non-hydrogen) atoms. The number of amides is 1. The molecule has 1 atom stereocenters. The van der Waals surface area contributed by atoms with Crippen molar-refractivity contribution in [2.45, 2.75) is 39.0 Å². The number of aromatic nitrogens is 2. The third-order valence-electron chi connectivity index (χ3n) is 3.90. The minimum Gasteiger partial charge on any atom is -0.337 e. The highest BCUT2D eigenvalue weighted by molar-refractivity contribution is 5.92. The van der Waals surface area contributed by atoms with Crippen LogP contribution in [0.15, 0.2) is 6.07 Å². The standard InChI is InChI=1S/C15H26N4O/c1-15(2,3)13-8-12(17-18-13)14(20)19-7-5-6-11(10-19)9-16-4/h8,11,16H,5-7,9-10H2,1-4H3,(H,17,18). The van der Waals surface area contributed by atoms with Gasteiger partial charge in [0.25, 0.3) is 5.91 Å². The molecule has 1 unspecified atom stereocenters. The molecule has 1 aliphatic rings. The summed E-state index contributed by atoms with van der Waals surface area (Å²) in [6.07, 6.45) is 2.27. The molecule has 1 fully saturated rings. The minimum atomic E-state index is -0.0118. The van der Waals surface area contributed by atoms with E-state index in [2.05, 4.69) is 36.3 Å². The number of likely N-dealkylation sites (tertiary alicyclic amines) is 1. The van der Waals surface area contributed by atoms with Crippen LogP contribution in [0.2, 0.25) is 0 Å². The number of carbonyl (C=O) groups excluding carboxylic acids is 1. The van der Waals surface area contributed by atoms with Crippen molar-refractivity contribution in [1.82, 2.24) is 20.4 Å². The van der Waals surface area contributed by atoms with Crippen LogP contribution >= 0.6 is 0 Å².